The zero-order valence-electron chi connectivity index (χ0n) is 13.2. The van der Waals surface area contributed by atoms with Gasteiger partial charge in [-0.15, -0.1) is 0 Å². The Morgan fingerprint density at radius 2 is 1.95 bits per heavy atom. The van der Waals surface area contributed by atoms with Crippen LogP contribution in [0.25, 0.3) is 0 Å². The molecule has 0 aliphatic heterocycles. The van der Waals surface area contributed by atoms with E-state index < -0.39 is 0 Å². The van der Waals surface area contributed by atoms with Gasteiger partial charge in [0.25, 0.3) is 0 Å². The van der Waals surface area contributed by atoms with Crippen molar-refractivity contribution in [2.45, 2.75) is 51.2 Å². The van der Waals surface area contributed by atoms with Gasteiger partial charge in [-0.2, -0.15) is 0 Å². The van der Waals surface area contributed by atoms with Crippen molar-refractivity contribution in [2.24, 2.45) is 5.92 Å². The van der Waals surface area contributed by atoms with Crippen LogP contribution >= 0.6 is 0 Å². The predicted octanol–water partition coefficient (Wildman–Crippen LogP) is 2.65. The van der Waals surface area contributed by atoms with Crippen LogP contribution < -0.4 is 5.32 Å². The average Bonchev–Trinajstić information content (AvgIpc) is 2.77. The van der Waals surface area contributed by atoms with Gasteiger partial charge in [-0.25, -0.2) is 0 Å². The maximum atomic E-state index is 12.0. The topological polar surface area (TPSA) is 58.6 Å². The van der Waals surface area contributed by atoms with Crippen molar-refractivity contribution < 1.29 is 14.6 Å². The molecule has 4 heteroatoms. The molecule has 0 bridgehead atoms. The van der Waals surface area contributed by atoms with E-state index in [-0.39, 0.29) is 24.5 Å². The smallest absolute Gasteiger partial charge is 0.222 e. The van der Waals surface area contributed by atoms with E-state index in [9.17, 15) is 9.90 Å². The molecule has 1 aliphatic carbocycles. The molecule has 0 heterocycles. The van der Waals surface area contributed by atoms with Gasteiger partial charge in [0.1, 0.15) is 0 Å². The minimum atomic E-state index is 0.0263. The van der Waals surface area contributed by atoms with Crippen molar-refractivity contribution in [1.82, 2.24) is 5.32 Å². The van der Waals surface area contributed by atoms with E-state index in [2.05, 4.69) is 5.32 Å². The second kappa shape index (κ2) is 9.59. The first kappa shape index (κ1) is 17.0. The molecule has 4 nitrogen and oxygen atoms in total. The summed E-state index contributed by atoms with van der Waals surface area (Å²) in [5, 5.41) is 12.5. The number of rotatable bonds is 7. The van der Waals surface area contributed by atoms with Crippen LogP contribution in [0.1, 0.15) is 44.1 Å². The summed E-state index contributed by atoms with van der Waals surface area (Å²) in [5.74, 6) is 0.232. The third-order valence-electron chi connectivity index (χ3n) is 4.32. The van der Waals surface area contributed by atoms with Crippen LogP contribution in [0.4, 0.5) is 0 Å². The van der Waals surface area contributed by atoms with E-state index in [1.807, 2.05) is 30.3 Å². The molecule has 2 unspecified atom stereocenters. The van der Waals surface area contributed by atoms with Crippen LogP contribution in [0.3, 0.4) is 0 Å². The van der Waals surface area contributed by atoms with Gasteiger partial charge in [-0.05, 0) is 18.4 Å². The summed E-state index contributed by atoms with van der Waals surface area (Å²) in [7, 11) is 0. The second-order valence-corrected chi connectivity index (χ2v) is 6.04. The number of hydrogen-bond acceptors (Lipinski definition) is 3. The summed E-state index contributed by atoms with van der Waals surface area (Å²) < 4.78 is 5.55. The number of carbonyl (C=O) groups is 1. The van der Waals surface area contributed by atoms with Crippen LogP contribution in [0.2, 0.25) is 0 Å². The zero-order valence-corrected chi connectivity index (χ0v) is 13.2. The van der Waals surface area contributed by atoms with Crippen LogP contribution in [-0.2, 0) is 16.1 Å². The highest BCUT2D eigenvalue weighted by Crippen LogP contribution is 2.23. The Labute approximate surface area is 132 Å². The average molecular weight is 305 g/mol. The Hall–Kier alpha value is -1.39. The summed E-state index contributed by atoms with van der Waals surface area (Å²) in [4.78, 5) is 12.0. The first-order valence-electron chi connectivity index (χ1n) is 8.31. The lowest BCUT2D eigenvalue weighted by Gasteiger charge is -2.24. The van der Waals surface area contributed by atoms with Gasteiger partial charge in [0.15, 0.2) is 0 Å². The fraction of sp³-hybridized carbons (Fsp3) is 0.611. The molecule has 1 aliphatic rings. The lowest BCUT2D eigenvalue weighted by molar-refractivity contribution is -0.123. The zero-order chi connectivity index (χ0) is 15.6. The number of amides is 1. The molecule has 2 atom stereocenters. The normalized spacial score (nSPS) is 22.0. The molecule has 1 aromatic carbocycles. The molecule has 1 amide bonds. The van der Waals surface area contributed by atoms with Gasteiger partial charge in [0.05, 0.1) is 13.2 Å². The van der Waals surface area contributed by atoms with E-state index in [1.165, 1.54) is 6.42 Å². The minimum absolute atomic E-state index is 0.0263. The van der Waals surface area contributed by atoms with Crippen LogP contribution in [-0.4, -0.2) is 30.3 Å². The fourth-order valence-electron chi connectivity index (χ4n) is 3.00. The van der Waals surface area contributed by atoms with Crippen molar-refractivity contribution in [1.29, 1.82) is 0 Å². The van der Waals surface area contributed by atoms with Crippen LogP contribution in [0.5, 0.6) is 0 Å². The summed E-state index contributed by atoms with van der Waals surface area (Å²) in [5.41, 5.74) is 1.12. The van der Waals surface area contributed by atoms with Gasteiger partial charge in [0, 0.05) is 25.0 Å². The third kappa shape index (κ3) is 5.78. The van der Waals surface area contributed by atoms with Crippen molar-refractivity contribution in [2.75, 3.05) is 13.2 Å². The highest BCUT2D eigenvalue weighted by Gasteiger charge is 2.24. The molecule has 2 rings (SSSR count). The number of ether oxygens (including phenoxy) is 1. The van der Waals surface area contributed by atoms with Gasteiger partial charge in [0.2, 0.25) is 5.91 Å². The highest BCUT2D eigenvalue weighted by atomic mass is 16.5. The number of benzene rings is 1. The number of aliphatic hydroxyl groups excluding tert-OH is 1. The molecule has 22 heavy (non-hydrogen) atoms. The molecular formula is C18H27NO3. The first-order chi connectivity index (χ1) is 10.8. The number of carbonyl (C=O) groups excluding carboxylic acids is 1. The molecule has 122 valence electrons. The summed E-state index contributed by atoms with van der Waals surface area (Å²) in [6.07, 6.45) is 5.84. The summed E-state index contributed by atoms with van der Waals surface area (Å²) in [6, 6.07) is 10.1. The van der Waals surface area contributed by atoms with Crippen molar-refractivity contribution >= 4 is 5.91 Å². The Morgan fingerprint density at radius 1 is 1.18 bits per heavy atom. The SMILES string of the molecule is O=C(CCOCc1ccccc1)NC1CCCCCC1CO. The fourth-order valence-corrected chi connectivity index (χ4v) is 3.00. The Bertz CT molecular complexity index is 435. The van der Waals surface area contributed by atoms with Gasteiger partial charge < -0.3 is 15.2 Å². The molecule has 2 N–H and O–H groups in total. The number of aliphatic hydroxyl groups is 1. The standard InChI is InChI=1S/C18H27NO3/c20-13-16-9-5-2-6-10-17(16)19-18(21)11-12-22-14-15-7-3-1-4-8-15/h1,3-4,7-8,16-17,20H,2,5-6,9-14H2,(H,19,21). The third-order valence-corrected chi connectivity index (χ3v) is 4.32. The quantitative estimate of drug-likeness (QED) is 0.601. The molecule has 1 saturated carbocycles. The Morgan fingerprint density at radius 3 is 2.73 bits per heavy atom. The van der Waals surface area contributed by atoms with E-state index in [0.29, 0.717) is 19.6 Å². The monoisotopic (exact) mass is 305 g/mol. The van der Waals surface area contributed by atoms with Crippen molar-refractivity contribution in [3.63, 3.8) is 0 Å². The summed E-state index contributed by atoms with van der Waals surface area (Å²) >= 11 is 0. The maximum Gasteiger partial charge on any atom is 0.222 e. The van der Waals surface area contributed by atoms with E-state index in [4.69, 9.17) is 4.74 Å². The number of nitrogens with one attached hydrogen (secondary N) is 1. The van der Waals surface area contributed by atoms with Gasteiger partial charge >= 0.3 is 0 Å². The van der Waals surface area contributed by atoms with E-state index >= 15 is 0 Å². The van der Waals surface area contributed by atoms with Crippen molar-refractivity contribution in [3.8, 4) is 0 Å². The summed E-state index contributed by atoms with van der Waals surface area (Å²) in [6.45, 7) is 1.13. The van der Waals surface area contributed by atoms with Crippen LogP contribution in [0.15, 0.2) is 30.3 Å². The molecular weight excluding hydrogens is 278 g/mol. The highest BCUT2D eigenvalue weighted by molar-refractivity contribution is 5.76. The molecule has 0 saturated heterocycles. The molecule has 1 fully saturated rings. The van der Waals surface area contributed by atoms with E-state index in [0.717, 1.165) is 31.2 Å². The largest absolute Gasteiger partial charge is 0.396 e. The molecule has 0 radical (unpaired) electrons. The second-order valence-electron chi connectivity index (χ2n) is 6.04. The lowest BCUT2D eigenvalue weighted by Crippen LogP contribution is -2.41. The van der Waals surface area contributed by atoms with Gasteiger partial charge in [-0.1, -0.05) is 49.6 Å². The predicted molar refractivity (Wildman–Crippen MR) is 86.3 cm³/mol. The maximum absolute atomic E-state index is 12.0. The Kier molecular flexibility index (Phi) is 7.40. The van der Waals surface area contributed by atoms with Crippen LogP contribution in [0, 0.1) is 5.92 Å². The van der Waals surface area contributed by atoms with Gasteiger partial charge in [-0.3, -0.25) is 4.79 Å². The molecule has 0 aromatic heterocycles. The molecule has 1 aromatic rings. The minimum Gasteiger partial charge on any atom is -0.396 e. The Balaban J connectivity index is 1.66. The van der Waals surface area contributed by atoms with E-state index in [1.54, 1.807) is 0 Å². The first-order valence-corrected chi connectivity index (χ1v) is 8.31. The van der Waals surface area contributed by atoms with Crippen molar-refractivity contribution in [3.05, 3.63) is 35.9 Å². The lowest BCUT2D eigenvalue weighted by atomic mass is 9.95. The number of hydrogen-bond donors (Lipinski definition) is 2. The molecule has 0 spiro atoms.